The molecule has 51 heavy (non-hydrogen) atoms. The van der Waals surface area contributed by atoms with E-state index in [0.717, 1.165) is 67.3 Å². The second-order valence-electron chi connectivity index (χ2n) is 12.2. The Kier molecular flexibility index (Phi) is 8.74. The zero-order chi connectivity index (χ0) is 34.4. The van der Waals surface area contributed by atoms with E-state index < -0.39 is 0 Å². The number of hydrogen-bond donors (Lipinski definition) is 2. The highest BCUT2D eigenvalue weighted by atomic mass is 15.3. The van der Waals surface area contributed by atoms with Crippen LogP contribution in [0.2, 0.25) is 0 Å². The Morgan fingerprint density at radius 1 is 0.431 bits per heavy atom. The lowest BCUT2D eigenvalue weighted by molar-refractivity contribution is 1.25. The van der Waals surface area contributed by atoms with Gasteiger partial charge in [-0.3, -0.25) is 15.8 Å². The predicted molar refractivity (Wildman–Crippen MR) is 211 cm³/mol. The summed E-state index contributed by atoms with van der Waals surface area (Å²) in [6, 6.07) is 57.5. The fourth-order valence-electron chi connectivity index (χ4n) is 6.19. The lowest BCUT2D eigenvalue weighted by atomic mass is 9.87. The molecule has 0 spiro atoms. The summed E-state index contributed by atoms with van der Waals surface area (Å²) in [5.41, 5.74) is 16.9. The van der Waals surface area contributed by atoms with E-state index in [-0.39, 0.29) is 0 Å². The first-order valence-corrected chi connectivity index (χ1v) is 16.8. The minimum absolute atomic E-state index is 0.335. The third-order valence-corrected chi connectivity index (χ3v) is 8.89. The largest absolute Gasteiger partial charge is 0.299 e. The molecule has 5 nitrogen and oxygen atoms in total. The molecule has 2 N–H and O–H groups in total. The van der Waals surface area contributed by atoms with Gasteiger partial charge in [0.2, 0.25) is 0 Å². The molecule has 0 saturated heterocycles. The molecule has 0 radical (unpaired) electrons. The van der Waals surface area contributed by atoms with E-state index in [1.54, 1.807) is 6.20 Å². The van der Waals surface area contributed by atoms with Crippen LogP contribution >= 0.6 is 0 Å². The molecule has 0 amide bonds. The first kappa shape index (κ1) is 31.3. The highest BCUT2D eigenvalue weighted by Crippen LogP contribution is 2.32. The van der Waals surface area contributed by atoms with E-state index in [1.807, 2.05) is 91.0 Å². The highest BCUT2D eigenvalue weighted by molar-refractivity contribution is 6.62. The second-order valence-corrected chi connectivity index (χ2v) is 12.2. The Morgan fingerprint density at radius 3 is 1.59 bits per heavy atom. The van der Waals surface area contributed by atoms with E-state index in [2.05, 4.69) is 101 Å². The number of hydrazone groups is 1. The third kappa shape index (κ3) is 6.95. The third-order valence-electron chi connectivity index (χ3n) is 8.89. The molecule has 0 unspecified atom stereocenters. The van der Waals surface area contributed by atoms with Gasteiger partial charge in [0, 0.05) is 17.3 Å². The molecule has 2 heterocycles. The predicted octanol–water partition coefficient (Wildman–Crippen LogP) is 11.1. The topological polar surface area (TPSA) is 74.0 Å². The number of benzene rings is 5. The number of aromatic nitrogens is 2. The van der Waals surface area contributed by atoms with Gasteiger partial charge in [-0.05, 0) is 87.5 Å². The maximum Gasteiger partial charge on any atom is 0.116 e. The van der Waals surface area contributed by atoms with Crippen molar-refractivity contribution in [1.29, 1.82) is 5.41 Å². The minimum atomic E-state index is 0.335. The summed E-state index contributed by atoms with van der Waals surface area (Å²) in [6.45, 7) is 0. The molecule has 0 saturated carbocycles. The summed E-state index contributed by atoms with van der Waals surface area (Å²) in [6.07, 6.45) is 5.80. The zero-order valence-corrected chi connectivity index (χ0v) is 27.7. The molecule has 8 rings (SSSR count). The van der Waals surface area contributed by atoms with Gasteiger partial charge in [-0.1, -0.05) is 133 Å². The van der Waals surface area contributed by atoms with Crippen LogP contribution in [-0.4, -0.2) is 21.4 Å². The fraction of sp³-hybridized carbons (Fsp3) is 0. The lowest BCUT2D eigenvalue weighted by Gasteiger charge is -2.19. The molecular weight excluding hydrogens is 623 g/mol. The molecule has 5 heteroatoms. The molecule has 242 valence electrons. The van der Waals surface area contributed by atoms with Crippen LogP contribution in [0.25, 0.3) is 56.0 Å². The van der Waals surface area contributed by atoms with Gasteiger partial charge in [-0.15, -0.1) is 0 Å². The number of rotatable bonds is 8. The van der Waals surface area contributed by atoms with Crippen molar-refractivity contribution in [1.82, 2.24) is 9.97 Å². The van der Waals surface area contributed by atoms with Gasteiger partial charge in [0.15, 0.2) is 0 Å². The maximum absolute atomic E-state index is 9.16. The van der Waals surface area contributed by atoms with Crippen molar-refractivity contribution in [2.75, 3.05) is 5.43 Å². The van der Waals surface area contributed by atoms with Crippen molar-refractivity contribution in [3.63, 3.8) is 0 Å². The molecule has 0 atom stereocenters. The van der Waals surface area contributed by atoms with Crippen LogP contribution in [0.4, 0.5) is 5.69 Å². The first-order valence-electron chi connectivity index (χ1n) is 16.8. The van der Waals surface area contributed by atoms with Crippen LogP contribution in [0.5, 0.6) is 0 Å². The normalized spacial score (nSPS) is 13.4. The highest BCUT2D eigenvalue weighted by Gasteiger charge is 2.21. The van der Waals surface area contributed by atoms with Crippen molar-refractivity contribution in [2.45, 2.75) is 0 Å². The summed E-state index contributed by atoms with van der Waals surface area (Å²) < 4.78 is 0. The Balaban J connectivity index is 1.09. The molecule has 0 aliphatic heterocycles. The number of allylic oxidation sites excluding steroid dienone is 4. The van der Waals surface area contributed by atoms with E-state index in [9.17, 15) is 0 Å². The number of hydrogen-bond acceptors (Lipinski definition) is 5. The monoisotopic (exact) mass is 655 g/mol. The summed E-state index contributed by atoms with van der Waals surface area (Å²) in [4.78, 5) is 9.28. The minimum Gasteiger partial charge on any atom is -0.299 e. The van der Waals surface area contributed by atoms with Crippen molar-refractivity contribution >= 4 is 28.3 Å². The smallest absolute Gasteiger partial charge is 0.116 e. The summed E-state index contributed by atoms with van der Waals surface area (Å²) >= 11 is 0. The fourth-order valence-corrected chi connectivity index (χ4v) is 6.19. The van der Waals surface area contributed by atoms with Gasteiger partial charge in [-0.2, -0.15) is 5.10 Å². The second kappa shape index (κ2) is 14.2. The molecule has 5 aromatic carbocycles. The van der Waals surface area contributed by atoms with Gasteiger partial charge < -0.3 is 0 Å². The van der Waals surface area contributed by atoms with Gasteiger partial charge in [0.1, 0.15) is 5.71 Å². The Labute approximate surface area is 297 Å². The maximum atomic E-state index is 9.16. The molecule has 0 fully saturated rings. The first-order chi connectivity index (χ1) is 25.2. The SMILES string of the molecule is N=C1C=C(c2ccc(-c3ccccc3)cc2)C=C(c2ccc(-c3ccccc3)cc2)/C1=N/Nc1ccc(-c2cccc(-c3ccccn3)n2)cc1. The number of nitrogens with one attached hydrogen (secondary N) is 2. The van der Waals surface area contributed by atoms with Gasteiger partial charge in [0.05, 0.1) is 28.5 Å². The van der Waals surface area contributed by atoms with Gasteiger partial charge in [0.25, 0.3) is 0 Å². The summed E-state index contributed by atoms with van der Waals surface area (Å²) in [5, 5.41) is 14.0. The van der Waals surface area contributed by atoms with Crippen LogP contribution in [-0.2, 0) is 0 Å². The average molecular weight is 656 g/mol. The summed E-state index contributed by atoms with van der Waals surface area (Å²) in [5.74, 6) is 0. The van der Waals surface area contributed by atoms with E-state index in [0.29, 0.717) is 11.4 Å². The van der Waals surface area contributed by atoms with Crippen molar-refractivity contribution in [3.05, 3.63) is 199 Å². The van der Waals surface area contributed by atoms with E-state index >= 15 is 0 Å². The summed E-state index contributed by atoms with van der Waals surface area (Å²) in [7, 11) is 0. The van der Waals surface area contributed by atoms with Crippen LogP contribution in [0.15, 0.2) is 193 Å². The zero-order valence-electron chi connectivity index (χ0n) is 27.7. The molecule has 7 aromatic rings. The van der Waals surface area contributed by atoms with Gasteiger partial charge >= 0.3 is 0 Å². The number of pyridine rings is 2. The van der Waals surface area contributed by atoms with Crippen molar-refractivity contribution in [3.8, 4) is 44.9 Å². The van der Waals surface area contributed by atoms with Gasteiger partial charge in [-0.25, -0.2) is 4.98 Å². The number of anilines is 1. The molecule has 2 aromatic heterocycles. The Hall–Kier alpha value is -6.98. The van der Waals surface area contributed by atoms with Crippen molar-refractivity contribution in [2.24, 2.45) is 5.10 Å². The quantitative estimate of drug-likeness (QED) is 0.126. The standard InChI is InChI=1S/C46H33N5/c47-42-31-39(36-19-17-34(18-20-36)32-10-3-1-4-11-32)30-41(37-23-21-35(22-24-37)33-12-5-2-6-13-33)46(42)51-50-40-27-25-38(26-28-40)43-15-9-16-45(49-43)44-14-7-8-29-48-44/h1-31,47,50H/b47-42?,51-46-. The van der Waals surface area contributed by atoms with Crippen molar-refractivity contribution < 1.29 is 0 Å². The van der Waals surface area contributed by atoms with E-state index in [4.69, 9.17) is 15.5 Å². The molecule has 1 aliphatic carbocycles. The molecule has 0 bridgehead atoms. The average Bonchev–Trinajstić information content (AvgIpc) is 3.21. The molecule has 1 aliphatic rings. The molecular formula is C46H33N5. The van der Waals surface area contributed by atoms with Crippen LogP contribution in [0, 0.1) is 5.41 Å². The Morgan fingerprint density at radius 2 is 0.961 bits per heavy atom. The van der Waals surface area contributed by atoms with Crippen LogP contribution < -0.4 is 5.43 Å². The lowest BCUT2D eigenvalue weighted by Crippen LogP contribution is -2.19. The number of nitrogens with zero attached hydrogens (tertiary/aromatic N) is 3. The van der Waals surface area contributed by atoms with Crippen LogP contribution in [0.1, 0.15) is 11.1 Å². The Bertz CT molecular complexity index is 2390. The van der Waals surface area contributed by atoms with Crippen LogP contribution in [0.3, 0.4) is 0 Å². The van der Waals surface area contributed by atoms with E-state index in [1.165, 1.54) is 5.56 Å².